The van der Waals surface area contributed by atoms with Gasteiger partial charge in [0.1, 0.15) is 5.82 Å². The number of carbonyl (C=O) groups is 1. The highest BCUT2D eigenvalue weighted by atomic mass is 35.5. The number of aromatic nitrogens is 4. The Labute approximate surface area is 166 Å². The second kappa shape index (κ2) is 7.56. The molecule has 0 aliphatic carbocycles. The standard InChI is InChI=1S/C17H16ClN5O4S/c1-10-7-15(23(21-10)17-19-5-4-6-20-17)22-28(25,26)14-9-12(16(24)27-3)8-13(18)11(14)2/h4-9,22H,1-3H3. The lowest BCUT2D eigenvalue weighted by Crippen LogP contribution is -2.18. The maximum Gasteiger partial charge on any atom is 0.337 e. The lowest BCUT2D eigenvalue weighted by molar-refractivity contribution is 0.0600. The average Bonchev–Trinajstić information content (AvgIpc) is 3.03. The van der Waals surface area contributed by atoms with Crippen molar-refractivity contribution in [1.29, 1.82) is 0 Å². The van der Waals surface area contributed by atoms with Crippen molar-refractivity contribution in [3.05, 3.63) is 58.5 Å². The highest BCUT2D eigenvalue weighted by Crippen LogP contribution is 2.28. The third-order valence-corrected chi connectivity index (χ3v) is 5.69. The van der Waals surface area contributed by atoms with Crippen molar-refractivity contribution < 1.29 is 17.9 Å². The zero-order valence-corrected chi connectivity index (χ0v) is 16.7. The zero-order valence-electron chi connectivity index (χ0n) is 15.2. The molecule has 0 saturated heterocycles. The van der Waals surface area contributed by atoms with Crippen LogP contribution >= 0.6 is 11.6 Å². The number of hydrogen-bond acceptors (Lipinski definition) is 7. The monoisotopic (exact) mass is 421 g/mol. The Balaban J connectivity index is 2.07. The summed E-state index contributed by atoms with van der Waals surface area (Å²) in [4.78, 5) is 19.8. The van der Waals surface area contributed by atoms with Crippen molar-refractivity contribution in [1.82, 2.24) is 19.7 Å². The Morgan fingerprint density at radius 1 is 1.18 bits per heavy atom. The van der Waals surface area contributed by atoms with Gasteiger partial charge in [0.25, 0.3) is 16.0 Å². The SMILES string of the molecule is COC(=O)c1cc(Cl)c(C)c(S(=O)(=O)Nc2cc(C)nn2-c2ncccn2)c1. The Bertz CT molecular complexity index is 1150. The van der Waals surface area contributed by atoms with Gasteiger partial charge < -0.3 is 4.74 Å². The number of hydrogen-bond donors (Lipinski definition) is 1. The van der Waals surface area contributed by atoms with Crippen LogP contribution < -0.4 is 4.72 Å². The van der Waals surface area contributed by atoms with Gasteiger partial charge in [-0.15, -0.1) is 0 Å². The number of carbonyl (C=O) groups excluding carboxylic acids is 1. The smallest absolute Gasteiger partial charge is 0.337 e. The number of halogens is 1. The molecule has 146 valence electrons. The number of benzene rings is 1. The molecule has 0 atom stereocenters. The summed E-state index contributed by atoms with van der Waals surface area (Å²) < 4.78 is 34.4. The molecule has 0 aliphatic heterocycles. The number of nitrogens with one attached hydrogen (secondary N) is 1. The number of rotatable bonds is 5. The first-order valence-electron chi connectivity index (χ1n) is 7.98. The predicted octanol–water partition coefficient (Wildman–Crippen LogP) is 2.52. The van der Waals surface area contributed by atoms with Crippen LogP contribution in [0.2, 0.25) is 5.02 Å². The lowest BCUT2D eigenvalue weighted by Gasteiger charge is -2.13. The van der Waals surface area contributed by atoms with Crippen LogP contribution in [0.5, 0.6) is 0 Å². The van der Waals surface area contributed by atoms with Crippen molar-refractivity contribution >= 4 is 33.4 Å². The van der Waals surface area contributed by atoms with Crippen LogP contribution in [-0.4, -0.2) is 41.2 Å². The van der Waals surface area contributed by atoms with Gasteiger partial charge in [-0.25, -0.2) is 23.2 Å². The fourth-order valence-corrected chi connectivity index (χ4v) is 4.09. The number of methoxy groups -OCH3 is 1. The second-order valence-electron chi connectivity index (χ2n) is 5.81. The Kier molecular flexibility index (Phi) is 5.34. The molecule has 0 saturated carbocycles. The van der Waals surface area contributed by atoms with E-state index in [1.165, 1.54) is 42.4 Å². The van der Waals surface area contributed by atoms with Crippen molar-refractivity contribution in [2.45, 2.75) is 18.7 Å². The highest BCUT2D eigenvalue weighted by Gasteiger charge is 2.24. The van der Waals surface area contributed by atoms with E-state index in [4.69, 9.17) is 11.6 Å². The van der Waals surface area contributed by atoms with Gasteiger partial charge in [0.2, 0.25) is 0 Å². The normalized spacial score (nSPS) is 11.3. The molecule has 0 bridgehead atoms. The average molecular weight is 422 g/mol. The summed E-state index contributed by atoms with van der Waals surface area (Å²) in [7, 11) is -2.91. The first kappa shape index (κ1) is 19.8. The molecule has 0 radical (unpaired) electrons. The van der Waals surface area contributed by atoms with Gasteiger partial charge >= 0.3 is 5.97 Å². The van der Waals surface area contributed by atoms with Crippen LogP contribution in [0.4, 0.5) is 5.82 Å². The van der Waals surface area contributed by atoms with Crippen molar-refractivity contribution in [3.8, 4) is 5.95 Å². The van der Waals surface area contributed by atoms with Gasteiger partial charge in [0.15, 0.2) is 0 Å². The van der Waals surface area contributed by atoms with E-state index < -0.39 is 16.0 Å². The molecule has 2 heterocycles. The van der Waals surface area contributed by atoms with Crippen LogP contribution in [0, 0.1) is 13.8 Å². The van der Waals surface area contributed by atoms with Crippen molar-refractivity contribution in [2.75, 3.05) is 11.8 Å². The van der Waals surface area contributed by atoms with Gasteiger partial charge in [-0.05, 0) is 37.6 Å². The van der Waals surface area contributed by atoms with E-state index in [1.54, 1.807) is 19.9 Å². The van der Waals surface area contributed by atoms with E-state index in [0.29, 0.717) is 11.3 Å². The maximum atomic E-state index is 13.0. The van der Waals surface area contributed by atoms with E-state index in [1.807, 2.05) is 0 Å². The molecule has 2 aromatic heterocycles. The fraction of sp³-hybridized carbons (Fsp3) is 0.176. The molecule has 3 rings (SSSR count). The van der Waals surface area contributed by atoms with Gasteiger partial charge in [-0.1, -0.05) is 11.6 Å². The van der Waals surface area contributed by atoms with Crippen LogP contribution in [0.3, 0.4) is 0 Å². The fourth-order valence-electron chi connectivity index (χ4n) is 2.49. The summed E-state index contributed by atoms with van der Waals surface area (Å²) in [6.45, 7) is 3.25. The van der Waals surface area contributed by atoms with E-state index in [2.05, 4.69) is 24.5 Å². The van der Waals surface area contributed by atoms with Crippen LogP contribution in [0.15, 0.2) is 41.6 Å². The number of aryl methyl sites for hydroxylation is 1. The minimum atomic E-state index is -4.11. The number of nitrogens with zero attached hydrogens (tertiary/aromatic N) is 4. The summed E-state index contributed by atoms with van der Waals surface area (Å²) in [5.74, 6) is -0.356. The minimum Gasteiger partial charge on any atom is -0.465 e. The largest absolute Gasteiger partial charge is 0.465 e. The number of anilines is 1. The molecule has 0 fully saturated rings. The third-order valence-electron chi connectivity index (χ3n) is 3.82. The number of esters is 1. The minimum absolute atomic E-state index is 0.0227. The van der Waals surface area contributed by atoms with E-state index in [-0.39, 0.29) is 27.2 Å². The maximum absolute atomic E-state index is 13.0. The third kappa shape index (κ3) is 3.82. The Morgan fingerprint density at radius 3 is 2.50 bits per heavy atom. The van der Waals surface area contributed by atoms with Crippen molar-refractivity contribution in [3.63, 3.8) is 0 Å². The number of ether oxygens (including phenoxy) is 1. The quantitative estimate of drug-likeness (QED) is 0.629. The molecule has 0 aliphatic rings. The molecule has 1 N–H and O–H groups in total. The second-order valence-corrected chi connectivity index (χ2v) is 7.87. The summed E-state index contributed by atoms with van der Waals surface area (Å²) in [6, 6.07) is 5.73. The van der Waals surface area contributed by atoms with Gasteiger partial charge in [-0.3, -0.25) is 4.72 Å². The molecule has 1 aromatic carbocycles. The molecule has 0 spiro atoms. The van der Waals surface area contributed by atoms with E-state index in [0.717, 1.165) is 0 Å². The molecule has 0 unspecified atom stereocenters. The van der Waals surface area contributed by atoms with Gasteiger partial charge in [-0.2, -0.15) is 9.78 Å². The van der Waals surface area contributed by atoms with Gasteiger partial charge in [0, 0.05) is 23.5 Å². The van der Waals surface area contributed by atoms with Crippen LogP contribution in [-0.2, 0) is 14.8 Å². The summed E-state index contributed by atoms with van der Waals surface area (Å²) in [5, 5.41) is 4.35. The molecule has 28 heavy (non-hydrogen) atoms. The molecule has 3 aromatic rings. The number of sulfonamides is 1. The van der Waals surface area contributed by atoms with Crippen molar-refractivity contribution in [2.24, 2.45) is 0 Å². The molecular weight excluding hydrogens is 406 g/mol. The predicted molar refractivity (Wildman–Crippen MR) is 102 cm³/mol. The van der Waals surface area contributed by atoms with Crippen LogP contribution in [0.25, 0.3) is 5.95 Å². The zero-order chi connectivity index (χ0) is 20.5. The summed E-state index contributed by atoms with van der Waals surface area (Å²) in [5.41, 5.74) is 0.873. The molecule has 0 amide bonds. The first-order chi connectivity index (χ1) is 13.2. The Morgan fingerprint density at radius 2 is 1.86 bits per heavy atom. The highest BCUT2D eigenvalue weighted by molar-refractivity contribution is 7.92. The molecular formula is C17H16ClN5O4S. The first-order valence-corrected chi connectivity index (χ1v) is 9.84. The van der Waals surface area contributed by atoms with Crippen LogP contribution in [0.1, 0.15) is 21.6 Å². The van der Waals surface area contributed by atoms with E-state index in [9.17, 15) is 13.2 Å². The lowest BCUT2D eigenvalue weighted by atomic mass is 10.1. The molecule has 11 heteroatoms. The Hall–Kier alpha value is -2.98. The topological polar surface area (TPSA) is 116 Å². The summed E-state index contributed by atoms with van der Waals surface area (Å²) >= 11 is 6.12. The van der Waals surface area contributed by atoms with Gasteiger partial charge in [0.05, 0.1) is 23.3 Å². The summed E-state index contributed by atoms with van der Waals surface area (Å²) in [6.07, 6.45) is 3.03. The molecule has 9 nitrogen and oxygen atoms in total. The van der Waals surface area contributed by atoms with E-state index >= 15 is 0 Å².